The van der Waals surface area contributed by atoms with Crippen LogP contribution in [0.4, 0.5) is 0 Å². The minimum atomic E-state index is -3.74. The molecule has 3 rings (SSSR count). The molecular weight excluding hydrogens is 380 g/mol. The number of esters is 1. The van der Waals surface area contributed by atoms with Crippen LogP contribution in [0.2, 0.25) is 0 Å². The van der Waals surface area contributed by atoms with Gasteiger partial charge in [-0.2, -0.15) is 0 Å². The molecule has 1 heterocycles. The molecule has 146 valence electrons. The van der Waals surface area contributed by atoms with Gasteiger partial charge in [0.15, 0.2) is 0 Å². The van der Waals surface area contributed by atoms with Gasteiger partial charge in [0.1, 0.15) is 13.1 Å². The molecule has 8 heteroatoms. The van der Waals surface area contributed by atoms with E-state index in [1.807, 2.05) is 0 Å². The molecule has 3 aromatic rings. The lowest BCUT2D eigenvalue weighted by atomic mass is 10.2. The Bertz CT molecular complexity index is 1100. The number of rotatable bonds is 7. The quantitative estimate of drug-likeness (QED) is 0.613. The van der Waals surface area contributed by atoms with E-state index in [2.05, 4.69) is 5.32 Å². The third-order valence-corrected chi connectivity index (χ3v) is 5.94. The molecule has 7 nitrogen and oxygen atoms in total. The summed E-state index contributed by atoms with van der Waals surface area (Å²) >= 11 is 0. The Labute approximate surface area is 162 Å². The fourth-order valence-electron chi connectivity index (χ4n) is 2.88. The molecule has 0 fully saturated rings. The lowest BCUT2D eigenvalue weighted by molar-refractivity contribution is -0.143. The van der Waals surface area contributed by atoms with Crippen LogP contribution < -0.4 is 5.32 Å². The summed E-state index contributed by atoms with van der Waals surface area (Å²) in [7, 11) is -3.74. The van der Waals surface area contributed by atoms with Gasteiger partial charge in [-0.25, -0.2) is 8.42 Å². The van der Waals surface area contributed by atoms with Crippen molar-refractivity contribution >= 4 is 32.6 Å². The third kappa shape index (κ3) is 4.07. The summed E-state index contributed by atoms with van der Waals surface area (Å²) in [5.74, 6) is -0.946. The van der Waals surface area contributed by atoms with Gasteiger partial charge < -0.3 is 14.6 Å². The van der Waals surface area contributed by atoms with Crippen LogP contribution in [0.25, 0.3) is 10.9 Å². The van der Waals surface area contributed by atoms with Gasteiger partial charge in [-0.3, -0.25) is 9.59 Å². The van der Waals surface area contributed by atoms with E-state index in [9.17, 15) is 18.0 Å². The minimum Gasteiger partial charge on any atom is -0.465 e. The van der Waals surface area contributed by atoms with Crippen molar-refractivity contribution in [3.8, 4) is 0 Å². The van der Waals surface area contributed by atoms with Gasteiger partial charge in [-0.15, -0.1) is 0 Å². The van der Waals surface area contributed by atoms with Gasteiger partial charge in [0, 0.05) is 17.1 Å². The molecule has 0 aliphatic heterocycles. The van der Waals surface area contributed by atoms with E-state index in [-0.39, 0.29) is 29.5 Å². The number of fused-ring (bicyclic) bond motifs is 1. The summed E-state index contributed by atoms with van der Waals surface area (Å²) in [6, 6.07) is 15.1. The number of benzene rings is 2. The number of carbonyl (C=O) groups excluding carboxylic acids is 2. The lowest BCUT2D eigenvalue weighted by Gasteiger charge is -2.07. The van der Waals surface area contributed by atoms with Crippen LogP contribution in [0.1, 0.15) is 6.92 Å². The zero-order valence-electron chi connectivity index (χ0n) is 15.3. The van der Waals surface area contributed by atoms with Crippen molar-refractivity contribution in [2.75, 3.05) is 13.2 Å². The molecule has 1 N–H and O–H groups in total. The molecule has 1 amide bonds. The number of carbonyl (C=O) groups is 2. The first-order chi connectivity index (χ1) is 13.4. The second-order valence-corrected chi connectivity index (χ2v) is 7.95. The Morgan fingerprint density at radius 1 is 1.04 bits per heavy atom. The van der Waals surface area contributed by atoms with Crippen molar-refractivity contribution in [1.29, 1.82) is 0 Å². The molecule has 0 bridgehead atoms. The van der Waals surface area contributed by atoms with E-state index < -0.39 is 21.7 Å². The Morgan fingerprint density at radius 2 is 1.71 bits per heavy atom. The monoisotopic (exact) mass is 400 g/mol. The maximum atomic E-state index is 13.1. The highest BCUT2D eigenvalue weighted by atomic mass is 32.2. The number of aromatic nitrogens is 1. The van der Waals surface area contributed by atoms with Gasteiger partial charge in [-0.1, -0.05) is 36.4 Å². The van der Waals surface area contributed by atoms with Crippen molar-refractivity contribution < 1.29 is 22.7 Å². The number of nitrogens with one attached hydrogen (secondary N) is 1. The van der Waals surface area contributed by atoms with E-state index in [0.717, 1.165) is 0 Å². The first-order valence-electron chi connectivity index (χ1n) is 8.74. The highest BCUT2D eigenvalue weighted by molar-refractivity contribution is 7.91. The number of nitrogens with zero attached hydrogens (tertiary/aromatic N) is 1. The summed E-state index contributed by atoms with van der Waals surface area (Å²) in [6.07, 6.45) is 1.46. The molecule has 0 unspecified atom stereocenters. The topological polar surface area (TPSA) is 94.5 Å². The number of hydrogen-bond donors (Lipinski definition) is 1. The summed E-state index contributed by atoms with van der Waals surface area (Å²) in [4.78, 5) is 23.9. The van der Waals surface area contributed by atoms with Crippen LogP contribution in [0.5, 0.6) is 0 Å². The Morgan fingerprint density at radius 3 is 2.43 bits per heavy atom. The first kappa shape index (κ1) is 19.6. The van der Waals surface area contributed by atoms with Crippen LogP contribution in [0, 0.1) is 0 Å². The van der Waals surface area contributed by atoms with Crippen LogP contribution in [0.3, 0.4) is 0 Å². The number of hydrogen-bond acceptors (Lipinski definition) is 5. The van der Waals surface area contributed by atoms with Crippen molar-refractivity contribution in [3.63, 3.8) is 0 Å². The molecule has 1 aromatic heterocycles. The van der Waals surface area contributed by atoms with E-state index in [1.165, 1.54) is 18.3 Å². The number of sulfone groups is 1. The van der Waals surface area contributed by atoms with Crippen molar-refractivity contribution in [1.82, 2.24) is 9.88 Å². The van der Waals surface area contributed by atoms with Crippen LogP contribution >= 0.6 is 0 Å². The molecular formula is C20H20N2O5S. The second-order valence-electron chi connectivity index (χ2n) is 6.04. The third-order valence-electron chi connectivity index (χ3n) is 4.14. The Kier molecular flexibility index (Phi) is 5.79. The maximum absolute atomic E-state index is 13.1. The SMILES string of the molecule is CCOC(=O)CNC(=O)Cn1cc(S(=O)(=O)c2ccccc2)c2ccccc21. The molecule has 0 saturated heterocycles. The Balaban J connectivity index is 1.91. The van der Waals surface area contributed by atoms with Gasteiger partial charge >= 0.3 is 5.97 Å². The van der Waals surface area contributed by atoms with Crippen molar-refractivity contribution in [2.45, 2.75) is 23.3 Å². The predicted octanol–water partition coefficient (Wildman–Crippen LogP) is 2.15. The highest BCUT2D eigenvalue weighted by Gasteiger charge is 2.23. The molecule has 28 heavy (non-hydrogen) atoms. The number of para-hydroxylation sites is 1. The maximum Gasteiger partial charge on any atom is 0.325 e. The molecule has 0 aliphatic carbocycles. The largest absolute Gasteiger partial charge is 0.465 e. The van der Waals surface area contributed by atoms with Gasteiger partial charge in [0.05, 0.1) is 16.4 Å². The fourth-order valence-corrected chi connectivity index (χ4v) is 4.38. The van der Waals surface area contributed by atoms with E-state index in [1.54, 1.807) is 54.0 Å². The van der Waals surface area contributed by atoms with Crippen molar-refractivity contribution in [2.24, 2.45) is 0 Å². The van der Waals surface area contributed by atoms with Gasteiger partial charge in [0.2, 0.25) is 15.7 Å². The zero-order valence-corrected chi connectivity index (χ0v) is 16.1. The first-order valence-corrected chi connectivity index (χ1v) is 10.2. The summed E-state index contributed by atoms with van der Waals surface area (Å²) in [5.41, 5.74) is 0.614. The molecule has 0 radical (unpaired) electrons. The highest BCUT2D eigenvalue weighted by Crippen LogP contribution is 2.30. The number of ether oxygens (including phenoxy) is 1. The molecule has 0 saturated carbocycles. The smallest absolute Gasteiger partial charge is 0.325 e. The van der Waals surface area contributed by atoms with E-state index in [0.29, 0.717) is 10.9 Å². The standard InChI is InChI=1S/C20H20N2O5S/c1-2-27-20(24)12-21-19(23)14-22-13-18(16-10-6-7-11-17(16)22)28(25,26)15-8-4-3-5-9-15/h3-11,13H,2,12,14H2,1H3,(H,21,23). The summed E-state index contributed by atoms with van der Waals surface area (Å²) in [5, 5.41) is 3.01. The summed E-state index contributed by atoms with van der Waals surface area (Å²) in [6.45, 7) is 1.56. The Hall–Kier alpha value is -3.13. The second kappa shape index (κ2) is 8.26. The average Bonchev–Trinajstić information content (AvgIpc) is 3.07. The van der Waals surface area contributed by atoms with Crippen LogP contribution in [-0.4, -0.2) is 38.0 Å². The van der Waals surface area contributed by atoms with Gasteiger partial charge in [0.25, 0.3) is 0 Å². The molecule has 2 aromatic carbocycles. The molecule has 0 spiro atoms. The normalized spacial score (nSPS) is 11.3. The van der Waals surface area contributed by atoms with Crippen LogP contribution in [0.15, 0.2) is 70.6 Å². The summed E-state index contributed by atoms with van der Waals surface area (Å²) < 4.78 is 32.4. The van der Waals surface area contributed by atoms with E-state index in [4.69, 9.17) is 4.74 Å². The number of amides is 1. The molecule has 0 aliphatic rings. The lowest BCUT2D eigenvalue weighted by Crippen LogP contribution is -2.33. The fraction of sp³-hybridized carbons (Fsp3) is 0.200. The zero-order chi connectivity index (χ0) is 20.1. The molecule has 0 atom stereocenters. The average molecular weight is 400 g/mol. The minimum absolute atomic E-state index is 0.121. The van der Waals surface area contributed by atoms with Crippen molar-refractivity contribution in [3.05, 3.63) is 60.8 Å². The predicted molar refractivity (Wildman–Crippen MR) is 103 cm³/mol. The van der Waals surface area contributed by atoms with E-state index >= 15 is 0 Å². The van der Waals surface area contributed by atoms with Gasteiger partial charge in [-0.05, 0) is 25.1 Å². The van der Waals surface area contributed by atoms with Crippen LogP contribution in [-0.2, 0) is 30.7 Å².